The summed E-state index contributed by atoms with van der Waals surface area (Å²) < 4.78 is 4.42. The van der Waals surface area contributed by atoms with Gasteiger partial charge in [0.2, 0.25) is 0 Å². The van der Waals surface area contributed by atoms with Gasteiger partial charge in [-0.15, -0.1) is 0 Å². The number of nitrogens with zero attached hydrogens (tertiary/aromatic N) is 1. The molecule has 0 radical (unpaired) electrons. The molecule has 0 fully saturated rings. The van der Waals surface area contributed by atoms with Gasteiger partial charge in [-0.05, 0) is 14.1 Å². The van der Waals surface area contributed by atoms with Gasteiger partial charge in [0.05, 0.1) is 13.2 Å². The van der Waals surface area contributed by atoms with E-state index in [-0.39, 0.29) is 12.3 Å². The molecule has 6 N–H and O–H groups in total. The van der Waals surface area contributed by atoms with Crippen LogP contribution in [0.15, 0.2) is 0 Å². The molecule has 0 rings (SSSR count). The minimum absolute atomic E-state index is 0.0605. The fourth-order valence-electron chi connectivity index (χ4n) is 0.631. The lowest BCUT2D eigenvalue weighted by molar-refractivity contribution is -0.160. The van der Waals surface area contributed by atoms with Crippen molar-refractivity contribution in [2.24, 2.45) is 11.5 Å². The number of aliphatic hydroxyl groups is 1. The Kier molecular flexibility index (Phi) is 12.3. The minimum Gasteiger partial charge on any atom is -0.480 e. The molecule has 0 aromatic rings. The fourth-order valence-corrected chi connectivity index (χ4v) is 0.780. The van der Waals surface area contributed by atoms with Crippen LogP contribution in [0.2, 0.25) is 0 Å². The molecule has 0 heterocycles. The lowest BCUT2D eigenvalue weighted by Crippen LogP contribution is -2.37. The van der Waals surface area contributed by atoms with Crippen molar-refractivity contribution in [1.29, 1.82) is 0 Å². The van der Waals surface area contributed by atoms with E-state index >= 15 is 0 Å². The minimum atomic E-state index is -1.18. The molecule has 0 bridgehead atoms. The second-order valence-corrected chi connectivity index (χ2v) is 4.31. The third-order valence-corrected chi connectivity index (χ3v) is 2.07. The summed E-state index contributed by atoms with van der Waals surface area (Å²) >= 11 is 3.80. The van der Waals surface area contributed by atoms with Crippen molar-refractivity contribution in [3.05, 3.63) is 0 Å². The summed E-state index contributed by atoms with van der Waals surface area (Å²) in [5.41, 5.74) is 10.0. The number of esters is 2. The van der Waals surface area contributed by atoms with Crippen LogP contribution in [0, 0.1) is 0 Å². The van der Waals surface area contributed by atoms with E-state index in [1.165, 1.54) is 0 Å². The molecule has 0 amide bonds. The normalized spacial score (nSPS) is 12.9. The van der Waals surface area contributed by atoms with E-state index in [2.05, 4.69) is 17.4 Å². The summed E-state index contributed by atoms with van der Waals surface area (Å²) in [6.07, 6.45) is 0. The molecule has 10 heteroatoms. The standard InChI is InChI=1S/C7H14N2O3S.C3H7NO3/c1-9(2)3-6(10)12-7(11)5(8)4-13;4-2(1-5)3(6)7/h5,13H,3-4,8H2,1-2H3;2,5H,1,4H2,(H,6,7)/t5-;2-/m00/s1. The SMILES string of the molecule is CN(C)CC(=O)OC(=O)[C@@H](N)CS.N[C@@H](CO)C(=O)O. The first kappa shape index (κ1) is 21.1. The van der Waals surface area contributed by atoms with Gasteiger partial charge >= 0.3 is 17.9 Å². The predicted octanol–water partition coefficient (Wildman–Crippen LogP) is -2.73. The number of aliphatic carboxylic acids is 1. The highest BCUT2D eigenvalue weighted by Gasteiger charge is 2.17. The van der Waals surface area contributed by atoms with Crippen LogP contribution in [0.4, 0.5) is 0 Å². The van der Waals surface area contributed by atoms with E-state index in [0.717, 1.165) is 0 Å². The average Bonchev–Trinajstić information content (AvgIpc) is 2.36. The molecule has 0 aliphatic rings. The Morgan fingerprint density at radius 2 is 1.75 bits per heavy atom. The second-order valence-electron chi connectivity index (χ2n) is 3.95. The van der Waals surface area contributed by atoms with Crippen LogP contribution in [0.3, 0.4) is 0 Å². The number of nitrogens with two attached hydrogens (primary N) is 2. The molecule has 0 aromatic carbocycles. The number of ether oxygens (including phenoxy) is 1. The molecule has 20 heavy (non-hydrogen) atoms. The molecule has 0 unspecified atom stereocenters. The summed E-state index contributed by atoms with van der Waals surface area (Å²) in [6, 6.07) is -1.96. The molecule has 0 spiro atoms. The van der Waals surface area contributed by atoms with Crippen molar-refractivity contribution in [2.45, 2.75) is 12.1 Å². The lowest BCUT2D eigenvalue weighted by atomic mass is 10.3. The molecular weight excluding hydrogens is 290 g/mol. The Labute approximate surface area is 122 Å². The molecule has 9 nitrogen and oxygen atoms in total. The lowest BCUT2D eigenvalue weighted by Gasteiger charge is -2.10. The molecular formula is C10H21N3O6S. The number of aliphatic hydroxyl groups excluding tert-OH is 1. The van der Waals surface area contributed by atoms with Crippen LogP contribution in [0.25, 0.3) is 0 Å². The van der Waals surface area contributed by atoms with Crippen molar-refractivity contribution in [3.8, 4) is 0 Å². The highest BCUT2D eigenvalue weighted by Crippen LogP contribution is 1.90. The van der Waals surface area contributed by atoms with Crippen LogP contribution in [0.1, 0.15) is 0 Å². The number of carboxylic acid groups (broad SMARTS) is 1. The Bertz CT molecular complexity index is 326. The first-order valence-corrected chi connectivity index (χ1v) is 6.13. The Morgan fingerprint density at radius 1 is 1.25 bits per heavy atom. The molecule has 0 aliphatic carbocycles. The van der Waals surface area contributed by atoms with Gasteiger partial charge in [0, 0.05) is 5.75 Å². The second kappa shape index (κ2) is 11.6. The van der Waals surface area contributed by atoms with Crippen molar-refractivity contribution >= 4 is 30.5 Å². The van der Waals surface area contributed by atoms with Crippen LogP contribution >= 0.6 is 12.6 Å². The summed E-state index contributed by atoms with van der Waals surface area (Å²) in [5.74, 6) is -2.36. The Morgan fingerprint density at radius 3 is 2.00 bits per heavy atom. The summed E-state index contributed by atoms with van der Waals surface area (Å²) in [5, 5.41) is 15.9. The van der Waals surface area contributed by atoms with Crippen molar-refractivity contribution < 1.29 is 29.3 Å². The first-order valence-electron chi connectivity index (χ1n) is 5.50. The molecule has 2 atom stereocenters. The zero-order valence-corrected chi connectivity index (χ0v) is 12.2. The topological polar surface area (TPSA) is 156 Å². The van der Waals surface area contributed by atoms with Gasteiger partial charge in [-0.3, -0.25) is 14.5 Å². The van der Waals surface area contributed by atoms with Crippen molar-refractivity contribution in [1.82, 2.24) is 4.90 Å². The van der Waals surface area contributed by atoms with Gasteiger partial charge in [0.25, 0.3) is 0 Å². The van der Waals surface area contributed by atoms with Crippen molar-refractivity contribution in [3.63, 3.8) is 0 Å². The van der Waals surface area contributed by atoms with E-state index in [4.69, 9.17) is 21.7 Å². The number of thiol groups is 1. The van der Waals surface area contributed by atoms with Crippen molar-refractivity contribution in [2.75, 3.05) is 33.0 Å². The number of likely N-dealkylation sites (N-methyl/N-ethyl adjacent to an activating group) is 1. The summed E-state index contributed by atoms with van der Waals surface area (Å²) in [6.45, 7) is -0.444. The predicted molar refractivity (Wildman–Crippen MR) is 74.2 cm³/mol. The van der Waals surface area contributed by atoms with Crippen LogP contribution in [-0.4, -0.2) is 78.1 Å². The van der Waals surface area contributed by atoms with Crippen LogP contribution < -0.4 is 11.5 Å². The van der Waals surface area contributed by atoms with E-state index in [1.54, 1.807) is 19.0 Å². The quantitative estimate of drug-likeness (QED) is 0.199. The molecule has 0 aliphatic heterocycles. The number of carbonyl (C=O) groups is 3. The summed E-state index contributed by atoms with van der Waals surface area (Å²) in [4.78, 5) is 33.1. The monoisotopic (exact) mass is 311 g/mol. The number of carboxylic acids is 1. The van der Waals surface area contributed by atoms with Gasteiger partial charge in [-0.25, -0.2) is 4.79 Å². The number of rotatable bonds is 6. The van der Waals surface area contributed by atoms with Crippen LogP contribution in [0.5, 0.6) is 0 Å². The number of hydrogen-bond donors (Lipinski definition) is 5. The van der Waals surface area contributed by atoms with E-state index < -0.39 is 36.6 Å². The smallest absolute Gasteiger partial charge is 0.331 e. The maximum Gasteiger partial charge on any atom is 0.331 e. The van der Waals surface area contributed by atoms with Gasteiger partial charge in [0.15, 0.2) is 0 Å². The third-order valence-electron chi connectivity index (χ3n) is 1.67. The molecule has 0 saturated carbocycles. The highest BCUT2D eigenvalue weighted by atomic mass is 32.1. The molecule has 0 saturated heterocycles. The third kappa shape index (κ3) is 11.9. The first-order chi connectivity index (χ1) is 9.15. The van der Waals surface area contributed by atoms with Crippen LogP contribution in [-0.2, 0) is 19.1 Å². The Balaban J connectivity index is 0. The average molecular weight is 311 g/mol. The van der Waals surface area contributed by atoms with Gasteiger partial charge in [0.1, 0.15) is 12.1 Å². The molecule has 0 aromatic heterocycles. The number of carbonyl (C=O) groups excluding carboxylic acids is 2. The van der Waals surface area contributed by atoms with Gasteiger partial charge in [-0.2, -0.15) is 12.6 Å². The maximum absolute atomic E-state index is 10.9. The number of hydrogen-bond acceptors (Lipinski definition) is 9. The highest BCUT2D eigenvalue weighted by molar-refractivity contribution is 7.80. The molecule has 118 valence electrons. The van der Waals surface area contributed by atoms with Gasteiger partial charge in [-0.1, -0.05) is 0 Å². The van der Waals surface area contributed by atoms with E-state index in [1.807, 2.05) is 0 Å². The maximum atomic E-state index is 10.9. The zero-order chi connectivity index (χ0) is 16.3. The fraction of sp³-hybridized carbons (Fsp3) is 0.700. The van der Waals surface area contributed by atoms with E-state index in [0.29, 0.717) is 0 Å². The Hall–Kier alpha value is -1.20. The van der Waals surface area contributed by atoms with E-state index in [9.17, 15) is 14.4 Å². The summed E-state index contributed by atoms with van der Waals surface area (Å²) in [7, 11) is 3.40. The largest absolute Gasteiger partial charge is 0.480 e. The van der Waals surface area contributed by atoms with Gasteiger partial charge < -0.3 is 26.4 Å². The zero-order valence-electron chi connectivity index (χ0n) is 11.4.